The van der Waals surface area contributed by atoms with Crippen molar-refractivity contribution in [3.8, 4) is 23.0 Å². The summed E-state index contributed by atoms with van der Waals surface area (Å²) in [6.45, 7) is 2.90. The molecule has 0 amide bonds. The van der Waals surface area contributed by atoms with E-state index in [0.29, 0.717) is 61.2 Å². The molecule has 8 nitrogen and oxygen atoms in total. The van der Waals surface area contributed by atoms with Crippen molar-refractivity contribution in [1.29, 1.82) is 0 Å². The highest BCUT2D eigenvalue weighted by atomic mass is 16.5. The predicted octanol–water partition coefficient (Wildman–Crippen LogP) is 1.07. The zero-order valence-corrected chi connectivity index (χ0v) is 18.9. The van der Waals surface area contributed by atoms with E-state index in [1.807, 2.05) is 0 Å². The van der Waals surface area contributed by atoms with Crippen LogP contribution in [0.2, 0.25) is 0 Å². The number of quaternary nitrogens is 1. The fraction of sp³-hybridized carbons (Fsp3) is 0.375. The van der Waals surface area contributed by atoms with Crippen molar-refractivity contribution in [2.45, 2.75) is 6.54 Å². The number of rotatable bonds is 11. The smallest absolute Gasteiger partial charge is 0.231 e. The van der Waals surface area contributed by atoms with Crippen LogP contribution in [-0.4, -0.2) is 60.5 Å². The highest BCUT2D eigenvalue weighted by molar-refractivity contribution is 6.15. The van der Waals surface area contributed by atoms with Crippen molar-refractivity contribution in [2.24, 2.45) is 0 Å². The monoisotopic (exact) mass is 443 g/mol. The van der Waals surface area contributed by atoms with Gasteiger partial charge in [0.15, 0.2) is 17.3 Å². The van der Waals surface area contributed by atoms with Crippen molar-refractivity contribution in [3.63, 3.8) is 0 Å². The molecule has 0 aliphatic carbocycles. The number of Topliss-reactive ketones (excluding diaryl/α,β-unsaturated/α-hetero) is 1. The van der Waals surface area contributed by atoms with Gasteiger partial charge in [0.25, 0.3) is 0 Å². The Morgan fingerprint density at radius 1 is 0.969 bits per heavy atom. The first-order valence-electron chi connectivity index (χ1n) is 10.3. The molecule has 8 heteroatoms. The van der Waals surface area contributed by atoms with Crippen LogP contribution in [-0.2, 0) is 16.0 Å². The van der Waals surface area contributed by atoms with Crippen LogP contribution in [0.5, 0.6) is 23.0 Å². The van der Waals surface area contributed by atoms with Gasteiger partial charge in [0.1, 0.15) is 25.4 Å². The molecule has 0 radical (unpaired) electrons. The zero-order valence-electron chi connectivity index (χ0n) is 18.9. The lowest BCUT2D eigenvalue weighted by Gasteiger charge is -2.23. The molecule has 172 valence electrons. The van der Waals surface area contributed by atoms with Crippen LogP contribution in [0.1, 0.15) is 21.5 Å². The molecule has 3 rings (SSSR count). The Morgan fingerprint density at radius 2 is 1.66 bits per heavy atom. The number of ketones is 1. The Kier molecular flexibility index (Phi) is 8.10. The van der Waals surface area contributed by atoms with E-state index in [-0.39, 0.29) is 17.3 Å². The first-order valence-corrected chi connectivity index (χ1v) is 10.3. The van der Waals surface area contributed by atoms with Crippen LogP contribution in [0, 0.1) is 0 Å². The SMILES string of the molecule is COCC[NH+](CCOC)Cc1c([O-])ccc2c1O/C(=C\c1ccc(OC)c(OC)c1)C2=O. The Bertz CT molecular complexity index is 979. The second-order valence-corrected chi connectivity index (χ2v) is 7.39. The molecule has 0 unspecified atom stereocenters. The quantitative estimate of drug-likeness (QED) is 0.520. The number of hydrogen-bond acceptors (Lipinski definition) is 7. The van der Waals surface area contributed by atoms with Crippen molar-refractivity contribution in [1.82, 2.24) is 0 Å². The van der Waals surface area contributed by atoms with Crippen LogP contribution in [0.3, 0.4) is 0 Å². The lowest BCUT2D eigenvalue weighted by atomic mass is 10.0. The summed E-state index contributed by atoms with van der Waals surface area (Å²) < 4.78 is 26.9. The summed E-state index contributed by atoms with van der Waals surface area (Å²) in [6.07, 6.45) is 1.64. The van der Waals surface area contributed by atoms with Gasteiger partial charge in [-0.05, 0) is 29.8 Å². The van der Waals surface area contributed by atoms with E-state index in [1.165, 1.54) is 12.1 Å². The van der Waals surface area contributed by atoms with Crippen LogP contribution in [0.25, 0.3) is 6.08 Å². The van der Waals surface area contributed by atoms with E-state index >= 15 is 0 Å². The number of methoxy groups -OCH3 is 4. The van der Waals surface area contributed by atoms with E-state index < -0.39 is 0 Å². The van der Waals surface area contributed by atoms with E-state index in [9.17, 15) is 9.90 Å². The topological polar surface area (TPSA) is 90.7 Å². The van der Waals surface area contributed by atoms with Gasteiger partial charge in [-0.2, -0.15) is 0 Å². The summed E-state index contributed by atoms with van der Waals surface area (Å²) in [5.41, 5.74) is 1.59. The Labute approximate surface area is 187 Å². The molecule has 0 saturated heterocycles. The molecule has 0 fully saturated rings. The lowest BCUT2D eigenvalue weighted by Crippen LogP contribution is -3.11. The molecule has 1 aliphatic rings. The van der Waals surface area contributed by atoms with Crippen molar-refractivity contribution in [3.05, 3.63) is 52.8 Å². The third-order valence-electron chi connectivity index (χ3n) is 5.35. The number of fused-ring (bicyclic) bond motifs is 1. The minimum atomic E-state index is -0.258. The van der Waals surface area contributed by atoms with Gasteiger partial charge in [-0.15, -0.1) is 0 Å². The number of nitrogens with one attached hydrogen (secondary N) is 1. The minimum absolute atomic E-state index is 0.156. The second kappa shape index (κ2) is 11.0. The van der Waals surface area contributed by atoms with Crippen molar-refractivity contribution in [2.75, 3.05) is 54.7 Å². The Morgan fingerprint density at radius 3 is 2.28 bits per heavy atom. The maximum absolute atomic E-state index is 13.0. The van der Waals surface area contributed by atoms with Crippen molar-refractivity contribution < 1.29 is 38.5 Å². The van der Waals surface area contributed by atoms with Crippen molar-refractivity contribution >= 4 is 11.9 Å². The molecular formula is C24H29NO7. The maximum atomic E-state index is 13.0. The number of benzene rings is 2. The Hall–Kier alpha value is -3.07. The molecule has 0 spiro atoms. The summed E-state index contributed by atoms with van der Waals surface area (Å²) in [4.78, 5) is 14.1. The van der Waals surface area contributed by atoms with Gasteiger partial charge in [-0.25, -0.2) is 0 Å². The summed E-state index contributed by atoms with van der Waals surface area (Å²) >= 11 is 0. The molecule has 2 aromatic carbocycles. The minimum Gasteiger partial charge on any atom is -0.872 e. The number of allylic oxidation sites excluding steroid dienone is 1. The predicted molar refractivity (Wildman–Crippen MR) is 117 cm³/mol. The Balaban J connectivity index is 1.90. The van der Waals surface area contributed by atoms with Gasteiger partial charge in [-0.3, -0.25) is 4.79 Å². The third-order valence-corrected chi connectivity index (χ3v) is 5.35. The molecule has 1 heterocycles. The lowest BCUT2D eigenvalue weighted by molar-refractivity contribution is -0.914. The van der Waals surface area contributed by atoms with Gasteiger partial charge in [0.2, 0.25) is 5.78 Å². The maximum Gasteiger partial charge on any atom is 0.231 e. The molecule has 2 aromatic rings. The highest BCUT2D eigenvalue weighted by Gasteiger charge is 2.31. The van der Waals surface area contributed by atoms with Gasteiger partial charge >= 0.3 is 0 Å². The first kappa shape index (κ1) is 23.6. The number of carbonyl (C=O) groups is 1. The molecule has 32 heavy (non-hydrogen) atoms. The van der Waals surface area contributed by atoms with Crippen LogP contribution in [0.15, 0.2) is 36.1 Å². The van der Waals surface area contributed by atoms with Crippen LogP contribution < -0.4 is 24.2 Å². The molecule has 1 aliphatic heterocycles. The van der Waals surface area contributed by atoms with E-state index in [1.54, 1.807) is 52.7 Å². The molecule has 0 saturated carbocycles. The van der Waals surface area contributed by atoms with E-state index in [4.69, 9.17) is 23.7 Å². The van der Waals surface area contributed by atoms with Crippen LogP contribution in [0.4, 0.5) is 0 Å². The zero-order chi connectivity index (χ0) is 23.1. The molecule has 0 atom stereocenters. The van der Waals surface area contributed by atoms with Gasteiger partial charge in [0.05, 0.1) is 33.0 Å². The molecule has 0 aromatic heterocycles. The number of ether oxygens (including phenoxy) is 5. The standard InChI is InChI=1S/C24H29NO7/c1-28-11-9-25(10-12-29-2)15-18-19(26)7-6-17-23(27)22(32-24(17)18)14-16-5-8-20(30-3)21(13-16)31-4/h5-8,13-14,26H,9-12,15H2,1-4H3/b22-14-. The number of carbonyl (C=O) groups excluding carboxylic acids is 1. The van der Waals surface area contributed by atoms with E-state index in [2.05, 4.69) is 0 Å². The summed E-state index contributed by atoms with van der Waals surface area (Å²) in [6, 6.07) is 8.27. The first-order chi connectivity index (χ1) is 15.5. The fourth-order valence-electron chi connectivity index (χ4n) is 3.60. The van der Waals surface area contributed by atoms with Crippen LogP contribution >= 0.6 is 0 Å². The fourth-order valence-corrected chi connectivity index (χ4v) is 3.60. The van der Waals surface area contributed by atoms with E-state index in [0.717, 1.165) is 10.5 Å². The highest BCUT2D eigenvalue weighted by Crippen LogP contribution is 2.38. The number of hydrogen-bond donors (Lipinski definition) is 1. The summed E-state index contributed by atoms with van der Waals surface area (Å²) in [5.74, 6) is 1.21. The summed E-state index contributed by atoms with van der Waals surface area (Å²) in [7, 11) is 6.38. The third kappa shape index (κ3) is 5.21. The second-order valence-electron chi connectivity index (χ2n) is 7.39. The average Bonchev–Trinajstić information content (AvgIpc) is 3.12. The molecule has 1 N–H and O–H groups in total. The summed E-state index contributed by atoms with van der Waals surface area (Å²) in [5, 5.41) is 12.7. The van der Waals surface area contributed by atoms with Gasteiger partial charge in [0, 0.05) is 19.8 Å². The van der Waals surface area contributed by atoms with Gasteiger partial charge in [-0.1, -0.05) is 17.9 Å². The molecular weight excluding hydrogens is 414 g/mol. The van der Waals surface area contributed by atoms with Gasteiger partial charge < -0.3 is 33.7 Å². The average molecular weight is 443 g/mol. The largest absolute Gasteiger partial charge is 0.872 e. The normalized spacial score (nSPS) is 14.0. The molecule has 0 bridgehead atoms.